The Morgan fingerprint density at radius 3 is 0.926 bits per heavy atom. The summed E-state index contributed by atoms with van der Waals surface area (Å²) in [5, 5.41) is 65.7. The molecule has 3 N–H and O–H groups in total. The van der Waals surface area contributed by atoms with Gasteiger partial charge in [0, 0.05) is 0 Å². The summed E-state index contributed by atoms with van der Waals surface area (Å²) in [6.07, 6.45) is -2.56. The van der Waals surface area contributed by atoms with Crippen LogP contribution in [0, 0.1) is 30.3 Å². The Morgan fingerprint density at radius 1 is 0.481 bits per heavy atom. The molecule has 0 fully saturated rings. The van der Waals surface area contributed by atoms with Crippen molar-refractivity contribution in [3.8, 4) is 34.5 Å². The normalized spacial score (nSPS) is 12.8. The molecule has 0 aliphatic carbocycles. The third-order valence-corrected chi connectivity index (χ3v) is 8.50. The lowest BCUT2D eigenvalue weighted by Crippen LogP contribution is -2.08. The van der Waals surface area contributed by atoms with Gasteiger partial charge in [0.15, 0.2) is 34.5 Å². The molecule has 0 radical (unpaired) electrons. The van der Waals surface area contributed by atoms with Crippen molar-refractivity contribution in [2.45, 2.75) is 58.9 Å². The SMILES string of the molecule is COc1cc(C(C)OCc2cc(COC(C)c3cc(OC)c(O)cc3[N+](=O)[O-])cc(COC(C)c3cc(OC)c(O)cc3[N+](=O)[O-])c2)c([N+](=O)[O-])cc1O. The number of hydrogen-bond acceptors (Lipinski definition) is 15. The number of aromatic hydroxyl groups is 3. The number of hydrogen-bond donors (Lipinski definition) is 3. The molecular weight excluding hydrogens is 714 g/mol. The lowest BCUT2D eigenvalue weighted by Gasteiger charge is -2.19. The van der Waals surface area contributed by atoms with Crippen LogP contribution in [0.3, 0.4) is 0 Å². The molecule has 288 valence electrons. The second-order valence-corrected chi connectivity index (χ2v) is 12.0. The summed E-state index contributed by atoms with van der Waals surface area (Å²) >= 11 is 0. The van der Waals surface area contributed by atoms with Gasteiger partial charge in [0.25, 0.3) is 17.1 Å². The summed E-state index contributed by atoms with van der Waals surface area (Å²) < 4.78 is 33.6. The predicted molar refractivity (Wildman–Crippen MR) is 190 cm³/mol. The molecule has 18 heteroatoms. The van der Waals surface area contributed by atoms with Gasteiger partial charge in [-0.1, -0.05) is 18.2 Å². The van der Waals surface area contributed by atoms with E-state index in [1.54, 1.807) is 39.0 Å². The van der Waals surface area contributed by atoms with Crippen LogP contribution in [0.15, 0.2) is 54.6 Å². The molecule has 0 aromatic heterocycles. The summed E-state index contributed by atoms with van der Waals surface area (Å²) in [7, 11) is 3.92. The lowest BCUT2D eigenvalue weighted by molar-refractivity contribution is -0.386. The first-order valence-electron chi connectivity index (χ1n) is 16.2. The highest BCUT2D eigenvalue weighted by Gasteiger charge is 2.26. The zero-order valence-corrected chi connectivity index (χ0v) is 30.1. The van der Waals surface area contributed by atoms with Crippen LogP contribution in [0.1, 0.15) is 72.5 Å². The molecule has 3 unspecified atom stereocenters. The van der Waals surface area contributed by atoms with Crippen LogP contribution in [0.2, 0.25) is 0 Å². The smallest absolute Gasteiger partial charge is 0.279 e. The van der Waals surface area contributed by atoms with Crippen LogP contribution in [0.25, 0.3) is 0 Å². The highest BCUT2D eigenvalue weighted by atomic mass is 16.6. The molecule has 0 saturated heterocycles. The van der Waals surface area contributed by atoms with Crippen molar-refractivity contribution in [3.05, 3.63) is 118 Å². The molecule has 54 heavy (non-hydrogen) atoms. The first kappa shape index (κ1) is 40.5. The molecule has 0 heterocycles. The standard InChI is InChI=1S/C36H39N3O15/c1-19(25-10-34(49-4)31(40)13-28(25)37(43)44)52-16-22-7-23(17-53-20(2)26-11-35(50-5)32(41)14-29(26)38(45)46)9-24(8-22)18-54-21(3)27-12-36(51-6)33(42)15-30(27)39(47)48/h7-15,19-21,40-42H,16-18H2,1-6H3. The van der Waals surface area contributed by atoms with E-state index in [9.17, 15) is 45.7 Å². The molecule has 4 rings (SSSR count). The molecular formula is C36H39N3O15. The Morgan fingerprint density at radius 2 is 0.722 bits per heavy atom. The number of phenols is 3. The van der Waals surface area contributed by atoms with Crippen LogP contribution in [0.5, 0.6) is 34.5 Å². The summed E-state index contributed by atoms with van der Waals surface area (Å²) in [5.74, 6) is -1.17. The Balaban J connectivity index is 1.64. The number of methoxy groups -OCH3 is 3. The lowest BCUT2D eigenvalue weighted by atomic mass is 10.0. The van der Waals surface area contributed by atoms with Gasteiger partial charge >= 0.3 is 0 Å². The number of nitrogens with zero attached hydrogens (tertiary/aromatic N) is 3. The summed E-state index contributed by atoms with van der Waals surface area (Å²) in [6.45, 7) is 4.56. The summed E-state index contributed by atoms with van der Waals surface area (Å²) in [4.78, 5) is 33.4. The molecule has 0 bridgehead atoms. The van der Waals surface area contributed by atoms with E-state index in [0.29, 0.717) is 16.7 Å². The minimum absolute atomic E-state index is 0.0193. The fourth-order valence-electron chi connectivity index (χ4n) is 5.68. The fourth-order valence-corrected chi connectivity index (χ4v) is 5.68. The average molecular weight is 754 g/mol. The maximum absolute atomic E-state index is 11.8. The minimum atomic E-state index is -0.852. The molecule has 0 aliphatic rings. The van der Waals surface area contributed by atoms with Crippen molar-refractivity contribution in [3.63, 3.8) is 0 Å². The molecule has 4 aromatic rings. The van der Waals surface area contributed by atoms with E-state index in [2.05, 4.69) is 0 Å². The van der Waals surface area contributed by atoms with Crippen molar-refractivity contribution < 1.29 is 58.5 Å². The van der Waals surface area contributed by atoms with Crippen molar-refractivity contribution in [1.29, 1.82) is 0 Å². The molecule has 18 nitrogen and oxygen atoms in total. The van der Waals surface area contributed by atoms with Crippen LogP contribution in [-0.4, -0.2) is 51.4 Å². The van der Waals surface area contributed by atoms with Gasteiger partial charge in [-0.05, 0) is 55.7 Å². The van der Waals surface area contributed by atoms with Gasteiger partial charge in [-0.25, -0.2) is 0 Å². The van der Waals surface area contributed by atoms with Gasteiger partial charge in [-0.3, -0.25) is 30.3 Å². The number of benzene rings is 4. The van der Waals surface area contributed by atoms with Crippen molar-refractivity contribution in [2.75, 3.05) is 21.3 Å². The second-order valence-electron chi connectivity index (χ2n) is 12.0. The number of nitro groups is 3. The number of nitro benzene ring substituents is 3. The van der Waals surface area contributed by atoms with Gasteiger partial charge < -0.3 is 43.7 Å². The quantitative estimate of drug-likeness (QED) is 0.0662. The molecule has 4 aromatic carbocycles. The number of rotatable bonds is 18. The van der Waals surface area contributed by atoms with Gasteiger partial charge in [0.05, 0.1) is 109 Å². The van der Waals surface area contributed by atoms with Crippen LogP contribution < -0.4 is 14.2 Å². The molecule has 0 saturated carbocycles. The zero-order valence-electron chi connectivity index (χ0n) is 30.1. The molecule has 0 spiro atoms. The fraction of sp³-hybridized carbons (Fsp3) is 0.333. The van der Waals surface area contributed by atoms with Gasteiger partial charge in [-0.2, -0.15) is 0 Å². The maximum Gasteiger partial charge on any atom is 0.279 e. The third kappa shape index (κ3) is 9.40. The first-order chi connectivity index (χ1) is 25.6. The van der Waals surface area contributed by atoms with E-state index >= 15 is 0 Å². The van der Waals surface area contributed by atoms with Gasteiger partial charge in [0.2, 0.25) is 0 Å². The van der Waals surface area contributed by atoms with E-state index < -0.39 is 50.3 Å². The monoisotopic (exact) mass is 753 g/mol. The van der Waals surface area contributed by atoms with E-state index in [1.165, 1.54) is 39.5 Å². The topological polar surface area (TPSA) is 245 Å². The molecule has 0 aliphatic heterocycles. The van der Waals surface area contributed by atoms with Gasteiger partial charge in [-0.15, -0.1) is 0 Å². The number of phenolic OH excluding ortho intramolecular Hbond substituents is 3. The van der Waals surface area contributed by atoms with Crippen molar-refractivity contribution >= 4 is 17.1 Å². The summed E-state index contributed by atoms with van der Waals surface area (Å²) in [5.41, 5.74) is 1.05. The summed E-state index contributed by atoms with van der Waals surface area (Å²) in [6, 6.07) is 12.1. The highest BCUT2D eigenvalue weighted by Crippen LogP contribution is 2.40. The highest BCUT2D eigenvalue weighted by molar-refractivity contribution is 5.56. The van der Waals surface area contributed by atoms with Crippen molar-refractivity contribution in [2.24, 2.45) is 0 Å². The van der Waals surface area contributed by atoms with Gasteiger partial charge in [0.1, 0.15) is 0 Å². The van der Waals surface area contributed by atoms with E-state index in [4.69, 9.17) is 28.4 Å². The second kappa shape index (κ2) is 17.5. The van der Waals surface area contributed by atoms with Crippen LogP contribution >= 0.6 is 0 Å². The minimum Gasteiger partial charge on any atom is -0.504 e. The Bertz CT molecular complexity index is 1800. The largest absolute Gasteiger partial charge is 0.504 e. The van der Waals surface area contributed by atoms with Crippen LogP contribution in [-0.2, 0) is 34.0 Å². The Labute approximate surface area is 308 Å². The Hall–Kier alpha value is -6.24. The van der Waals surface area contributed by atoms with Crippen molar-refractivity contribution in [1.82, 2.24) is 0 Å². The third-order valence-electron chi connectivity index (χ3n) is 8.50. The zero-order chi connectivity index (χ0) is 39.9. The Kier molecular flexibility index (Phi) is 13.1. The molecule has 0 amide bonds. The van der Waals surface area contributed by atoms with E-state index in [-0.39, 0.29) is 70.8 Å². The van der Waals surface area contributed by atoms with E-state index in [1.807, 2.05) is 0 Å². The first-order valence-corrected chi connectivity index (χ1v) is 16.2. The van der Waals surface area contributed by atoms with Crippen LogP contribution in [0.4, 0.5) is 17.1 Å². The number of ether oxygens (including phenoxy) is 6. The maximum atomic E-state index is 11.8. The average Bonchev–Trinajstić information content (AvgIpc) is 3.14. The predicted octanol–water partition coefficient (Wildman–Crippen LogP) is 7.39. The molecule has 3 atom stereocenters. The van der Waals surface area contributed by atoms with E-state index in [0.717, 1.165) is 18.2 Å².